The van der Waals surface area contributed by atoms with Gasteiger partial charge in [0.15, 0.2) is 11.0 Å². The molecule has 118 valence electrons. The molecular formula is C17H19N5S. The van der Waals surface area contributed by atoms with Crippen molar-refractivity contribution in [3.8, 4) is 11.4 Å². The summed E-state index contributed by atoms with van der Waals surface area (Å²) in [7, 11) is 0. The number of benzene rings is 1. The Morgan fingerprint density at radius 2 is 2.04 bits per heavy atom. The van der Waals surface area contributed by atoms with Gasteiger partial charge in [0.05, 0.1) is 11.8 Å². The van der Waals surface area contributed by atoms with Gasteiger partial charge in [-0.3, -0.25) is 9.25 Å². The standard InChI is InChI=1S/C17H19N5S/c1-3-10-22-16(15-11-18-21(4-2)12-15)19-20-17(22)23-13-14-8-6-5-7-9-14/h3,5-9,11-12H,1,4,10,13H2,2H3. The molecule has 0 saturated heterocycles. The second-order valence-electron chi connectivity index (χ2n) is 5.06. The Hall–Kier alpha value is -2.34. The van der Waals surface area contributed by atoms with Gasteiger partial charge in [-0.2, -0.15) is 5.10 Å². The van der Waals surface area contributed by atoms with E-state index >= 15 is 0 Å². The van der Waals surface area contributed by atoms with Gasteiger partial charge in [0.1, 0.15) is 0 Å². The molecule has 0 N–H and O–H groups in total. The third-order valence-corrected chi connectivity index (χ3v) is 4.49. The quantitative estimate of drug-likeness (QED) is 0.491. The van der Waals surface area contributed by atoms with Gasteiger partial charge < -0.3 is 0 Å². The summed E-state index contributed by atoms with van der Waals surface area (Å²) < 4.78 is 3.97. The highest BCUT2D eigenvalue weighted by Crippen LogP contribution is 2.26. The molecule has 2 heterocycles. The number of aromatic nitrogens is 5. The molecule has 0 aliphatic carbocycles. The molecule has 2 aromatic heterocycles. The number of hydrogen-bond donors (Lipinski definition) is 0. The molecule has 3 rings (SSSR count). The first-order chi connectivity index (χ1) is 11.3. The van der Waals surface area contributed by atoms with E-state index in [1.807, 2.05) is 29.2 Å². The molecule has 0 amide bonds. The normalized spacial score (nSPS) is 10.8. The van der Waals surface area contributed by atoms with Gasteiger partial charge in [-0.1, -0.05) is 48.2 Å². The van der Waals surface area contributed by atoms with Crippen LogP contribution in [0, 0.1) is 0 Å². The summed E-state index contributed by atoms with van der Waals surface area (Å²) in [5.41, 5.74) is 2.25. The third-order valence-electron chi connectivity index (χ3n) is 3.45. The maximum atomic E-state index is 4.36. The van der Waals surface area contributed by atoms with E-state index in [4.69, 9.17) is 0 Å². The minimum absolute atomic E-state index is 0.677. The van der Waals surface area contributed by atoms with Crippen LogP contribution >= 0.6 is 11.8 Å². The Balaban J connectivity index is 1.84. The van der Waals surface area contributed by atoms with Crippen LogP contribution in [0.5, 0.6) is 0 Å². The lowest BCUT2D eigenvalue weighted by Crippen LogP contribution is -2.00. The van der Waals surface area contributed by atoms with Crippen molar-refractivity contribution >= 4 is 11.8 Å². The second kappa shape index (κ2) is 7.28. The number of rotatable bonds is 7. The topological polar surface area (TPSA) is 48.5 Å². The van der Waals surface area contributed by atoms with Crippen molar-refractivity contribution in [3.63, 3.8) is 0 Å². The molecule has 0 fully saturated rings. The van der Waals surface area contributed by atoms with Crippen molar-refractivity contribution < 1.29 is 0 Å². The fraction of sp³-hybridized carbons (Fsp3) is 0.235. The third kappa shape index (κ3) is 3.53. The fourth-order valence-corrected chi connectivity index (χ4v) is 3.18. The number of allylic oxidation sites excluding steroid dienone is 1. The smallest absolute Gasteiger partial charge is 0.192 e. The molecule has 0 atom stereocenters. The van der Waals surface area contributed by atoms with Crippen LogP contribution in [0.2, 0.25) is 0 Å². The summed E-state index contributed by atoms with van der Waals surface area (Å²) in [6.07, 6.45) is 5.69. The molecule has 0 bridgehead atoms. The van der Waals surface area contributed by atoms with Crippen LogP contribution in [-0.2, 0) is 18.8 Å². The molecule has 3 aromatic rings. The van der Waals surface area contributed by atoms with Crippen molar-refractivity contribution in [1.82, 2.24) is 24.5 Å². The molecule has 1 aromatic carbocycles. The lowest BCUT2D eigenvalue weighted by Gasteiger charge is -2.06. The van der Waals surface area contributed by atoms with Gasteiger partial charge >= 0.3 is 0 Å². The Labute approximate surface area is 140 Å². The lowest BCUT2D eigenvalue weighted by molar-refractivity contribution is 0.660. The lowest BCUT2D eigenvalue weighted by atomic mass is 10.2. The molecule has 23 heavy (non-hydrogen) atoms. The largest absolute Gasteiger partial charge is 0.298 e. The average Bonchev–Trinajstić information content (AvgIpc) is 3.21. The van der Waals surface area contributed by atoms with E-state index in [9.17, 15) is 0 Å². The first-order valence-corrected chi connectivity index (χ1v) is 8.54. The van der Waals surface area contributed by atoms with Crippen molar-refractivity contribution in [2.24, 2.45) is 0 Å². The monoisotopic (exact) mass is 325 g/mol. The molecule has 5 nitrogen and oxygen atoms in total. The highest BCUT2D eigenvalue weighted by Gasteiger charge is 2.15. The fourth-order valence-electron chi connectivity index (χ4n) is 2.28. The average molecular weight is 325 g/mol. The summed E-state index contributed by atoms with van der Waals surface area (Å²) in [5, 5.41) is 13.9. The van der Waals surface area contributed by atoms with Crippen LogP contribution in [0.3, 0.4) is 0 Å². The Bertz CT molecular complexity index is 775. The van der Waals surface area contributed by atoms with Gasteiger partial charge in [-0.15, -0.1) is 16.8 Å². The van der Waals surface area contributed by atoms with Crippen LogP contribution in [0.1, 0.15) is 12.5 Å². The van der Waals surface area contributed by atoms with Crippen LogP contribution in [0.25, 0.3) is 11.4 Å². The summed E-state index contributed by atoms with van der Waals surface area (Å²) in [5.74, 6) is 1.70. The predicted octanol–water partition coefficient (Wildman–Crippen LogP) is 3.64. The van der Waals surface area contributed by atoms with Gasteiger partial charge in [0.2, 0.25) is 0 Å². The van der Waals surface area contributed by atoms with E-state index in [0.717, 1.165) is 28.8 Å². The van der Waals surface area contributed by atoms with E-state index in [-0.39, 0.29) is 0 Å². The van der Waals surface area contributed by atoms with Crippen LogP contribution in [0.4, 0.5) is 0 Å². The van der Waals surface area contributed by atoms with Gasteiger partial charge in [0.25, 0.3) is 0 Å². The minimum Gasteiger partial charge on any atom is -0.298 e. The Kier molecular flexibility index (Phi) is 4.92. The van der Waals surface area contributed by atoms with Crippen molar-refractivity contribution in [2.75, 3.05) is 0 Å². The van der Waals surface area contributed by atoms with E-state index in [0.29, 0.717) is 6.54 Å². The molecule has 0 saturated carbocycles. The van der Waals surface area contributed by atoms with Crippen LogP contribution < -0.4 is 0 Å². The molecule has 0 spiro atoms. The Morgan fingerprint density at radius 1 is 1.22 bits per heavy atom. The first kappa shape index (κ1) is 15.6. The molecule has 0 aliphatic rings. The van der Waals surface area contributed by atoms with Gasteiger partial charge in [-0.25, -0.2) is 0 Å². The van der Waals surface area contributed by atoms with Crippen molar-refractivity contribution in [2.45, 2.75) is 30.9 Å². The first-order valence-electron chi connectivity index (χ1n) is 7.55. The Morgan fingerprint density at radius 3 is 2.74 bits per heavy atom. The molecule has 6 heteroatoms. The van der Waals surface area contributed by atoms with Gasteiger partial charge in [0, 0.05) is 25.0 Å². The molecular weight excluding hydrogens is 306 g/mol. The maximum Gasteiger partial charge on any atom is 0.192 e. The zero-order valence-electron chi connectivity index (χ0n) is 13.1. The van der Waals surface area contributed by atoms with Crippen molar-refractivity contribution in [1.29, 1.82) is 0 Å². The predicted molar refractivity (Wildman–Crippen MR) is 93.1 cm³/mol. The number of nitrogens with zero attached hydrogens (tertiary/aromatic N) is 5. The highest BCUT2D eigenvalue weighted by molar-refractivity contribution is 7.98. The highest BCUT2D eigenvalue weighted by atomic mass is 32.2. The number of thioether (sulfide) groups is 1. The SMILES string of the molecule is C=CCn1c(SCc2ccccc2)nnc1-c1cnn(CC)c1. The zero-order valence-corrected chi connectivity index (χ0v) is 13.9. The van der Waals surface area contributed by atoms with Gasteiger partial charge in [-0.05, 0) is 12.5 Å². The van der Waals surface area contributed by atoms with Crippen LogP contribution in [-0.4, -0.2) is 24.5 Å². The number of hydrogen-bond acceptors (Lipinski definition) is 4. The summed E-state index contributed by atoms with van der Waals surface area (Å²) in [6.45, 7) is 7.42. The van der Waals surface area contributed by atoms with Crippen molar-refractivity contribution in [3.05, 3.63) is 60.9 Å². The van der Waals surface area contributed by atoms with E-state index in [2.05, 4.69) is 57.6 Å². The van der Waals surface area contributed by atoms with E-state index in [1.165, 1.54) is 5.56 Å². The van der Waals surface area contributed by atoms with E-state index in [1.54, 1.807) is 11.8 Å². The maximum absolute atomic E-state index is 4.36. The molecule has 0 aliphatic heterocycles. The minimum atomic E-state index is 0.677. The zero-order chi connectivity index (χ0) is 16.1. The second-order valence-corrected chi connectivity index (χ2v) is 6.01. The van der Waals surface area contributed by atoms with Crippen LogP contribution in [0.15, 0.2) is 60.5 Å². The number of aryl methyl sites for hydroxylation is 1. The molecule has 0 radical (unpaired) electrons. The summed E-state index contributed by atoms with van der Waals surface area (Å²) >= 11 is 1.68. The molecule has 0 unspecified atom stereocenters. The summed E-state index contributed by atoms with van der Waals surface area (Å²) in [4.78, 5) is 0. The van der Waals surface area contributed by atoms with E-state index < -0.39 is 0 Å². The summed E-state index contributed by atoms with van der Waals surface area (Å²) in [6, 6.07) is 10.4.